The summed E-state index contributed by atoms with van der Waals surface area (Å²) in [5, 5.41) is 11.7. The van der Waals surface area contributed by atoms with Crippen molar-refractivity contribution in [3.8, 4) is 11.3 Å². The van der Waals surface area contributed by atoms with Gasteiger partial charge in [0, 0.05) is 36.3 Å². The molecule has 1 amide bonds. The van der Waals surface area contributed by atoms with Gasteiger partial charge in [-0.1, -0.05) is 30.3 Å². The molecule has 0 radical (unpaired) electrons. The number of hydrogen-bond donors (Lipinski definition) is 2. The van der Waals surface area contributed by atoms with E-state index in [4.69, 9.17) is 10.1 Å². The second-order valence-corrected chi connectivity index (χ2v) is 9.31. The molecule has 3 fully saturated rings. The molecule has 3 aliphatic rings. The maximum absolute atomic E-state index is 12.0. The molecule has 3 aliphatic heterocycles. The number of fused-ring (bicyclic) bond motifs is 3. The van der Waals surface area contributed by atoms with Crippen LogP contribution in [0.15, 0.2) is 36.4 Å². The SMILES string of the molecule is Cc1nc(-c2ccccc2)cc(C2CN3CCC2CC3CNC(=O)CSCC(=O)O)n1. The van der Waals surface area contributed by atoms with E-state index in [1.165, 1.54) is 0 Å². The van der Waals surface area contributed by atoms with E-state index in [0.29, 0.717) is 24.4 Å². The Kier molecular flexibility index (Phi) is 6.87. The molecule has 2 bridgehead atoms. The molecule has 0 spiro atoms. The number of carbonyl (C=O) groups excluding carboxylic acids is 1. The molecule has 2 N–H and O–H groups in total. The minimum absolute atomic E-state index is 0.0456. The van der Waals surface area contributed by atoms with Gasteiger partial charge in [-0.3, -0.25) is 14.5 Å². The third-order valence-corrected chi connectivity index (χ3v) is 7.10. The second-order valence-electron chi connectivity index (χ2n) is 8.32. The van der Waals surface area contributed by atoms with Gasteiger partial charge in [0.1, 0.15) is 5.82 Å². The number of aliphatic carboxylic acids is 1. The lowest BCUT2D eigenvalue weighted by atomic mass is 9.74. The highest BCUT2D eigenvalue weighted by molar-refractivity contribution is 8.00. The average molecular weight is 441 g/mol. The summed E-state index contributed by atoms with van der Waals surface area (Å²) in [5.74, 6) is 0.890. The van der Waals surface area contributed by atoms with Crippen LogP contribution in [-0.2, 0) is 9.59 Å². The Bertz CT molecular complexity index is 940. The third kappa shape index (κ3) is 5.43. The predicted molar refractivity (Wildman–Crippen MR) is 121 cm³/mol. The first-order valence-corrected chi connectivity index (χ1v) is 11.9. The van der Waals surface area contributed by atoms with Gasteiger partial charge < -0.3 is 10.4 Å². The summed E-state index contributed by atoms with van der Waals surface area (Å²) >= 11 is 1.13. The van der Waals surface area contributed by atoms with Crippen molar-refractivity contribution in [2.45, 2.75) is 31.7 Å². The summed E-state index contributed by atoms with van der Waals surface area (Å²) in [4.78, 5) is 34.5. The van der Waals surface area contributed by atoms with E-state index in [2.05, 4.69) is 33.4 Å². The van der Waals surface area contributed by atoms with Gasteiger partial charge in [-0.2, -0.15) is 0 Å². The molecule has 1 aromatic carbocycles. The van der Waals surface area contributed by atoms with Crippen molar-refractivity contribution in [2.75, 3.05) is 31.1 Å². The summed E-state index contributed by atoms with van der Waals surface area (Å²) in [6.07, 6.45) is 2.18. The molecule has 31 heavy (non-hydrogen) atoms. The van der Waals surface area contributed by atoms with Gasteiger partial charge in [-0.15, -0.1) is 11.8 Å². The quantitative estimate of drug-likeness (QED) is 0.651. The largest absolute Gasteiger partial charge is 0.481 e. The molecule has 4 unspecified atom stereocenters. The van der Waals surface area contributed by atoms with Gasteiger partial charge in [-0.25, -0.2) is 9.97 Å². The van der Waals surface area contributed by atoms with Crippen LogP contribution in [0.1, 0.15) is 30.3 Å². The molecule has 2 aromatic rings. The summed E-state index contributed by atoms with van der Waals surface area (Å²) in [5.41, 5.74) is 3.20. The number of piperidine rings is 3. The van der Waals surface area contributed by atoms with Crippen LogP contribution in [0.25, 0.3) is 11.3 Å². The van der Waals surface area contributed by atoms with Gasteiger partial charge in [0.15, 0.2) is 0 Å². The molecule has 7 nitrogen and oxygen atoms in total. The highest BCUT2D eigenvalue weighted by atomic mass is 32.2. The Morgan fingerprint density at radius 3 is 2.74 bits per heavy atom. The molecule has 5 rings (SSSR count). The topological polar surface area (TPSA) is 95.4 Å². The van der Waals surface area contributed by atoms with Gasteiger partial charge in [0.25, 0.3) is 0 Å². The monoisotopic (exact) mass is 440 g/mol. The van der Waals surface area contributed by atoms with Crippen LogP contribution in [0.5, 0.6) is 0 Å². The fraction of sp³-hybridized carbons (Fsp3) is 0.478. The number of rotatable bonds is 8. The fourth-order valence-electron chi connectivity index (χ4n) is 4.74. The first-order valence-electron chi connectivity index (χ1n) is 10.7. The molecule has 4 atom stereocenters. The van der Waals surface area contributed by atoms with Gasteiger partial charge in [0.05, 0.1) is 17.2 Å². The van der Waals surface area contributed by atoms with E-state index >= 15 is 0 Å². The van der Waals surface area contributed by atoms with Crippen molar-refractivity contribution in [1.29, 1.82) is 0 Å². The number of aryl methyl sites for hydroxylation is 1. The molecule has 164 valence electrons. The number of nitrogens with one attached hydrogen (secondary N) is 1. The van der Waals surface area contributed by atoms with E-state index in [9.17, 15) is 9.59 Å². The summed E-state index contributed by atoms with van der Waals surface area (Å²) in [6.45, 7) is 4.57. The first kappa shape index (κ1) is 21.8. The van der Waals surface area contributed by atoms with E-state index in [1.807, 2.05) is 25.1 Å². The Morgan fingerprint density at radius 1 is 1.23 bits per heavy atom. The van der Waals surface area contributed by atoms with Gasteiger partial charge in [-0.05, 0) is 38.3 Å². The van der Waals surface area contributed by atoms with Crippen molar-refractivity contribution in [3.63, 3.8) is 0 Å². The summed E-state index contributed by atoms with van der Waals surface area (Å²) < 4.78 is 0. The summed E-state index contributed by atoms with van der Waals surface area (Å²) in [7, 11) is 0. The lowest BCUT2D eigenvalue weighted by Crippen LogP contribution is -2.56. The standard InChI is InChI=1S/C23H28N4O3S/c1-15-25-20(16-5-3-2-4-6-16)10-21(26-15)19-12-27-8-7-17(19)9-18(27)11-24-22(28)13-31-14-23(29)30/h2-6,10,17-19H,7-9,11-14H2,1H3,(H,24,28)(H,29,30). The van der Waals surface area contributed by atoms with Crippen molar-refractivity contribution >= 4 is 23.6 Å². The van der Waals surface area contributed by atoms with Crippen LogP contribution in [0.4, 0.5) is 0 Å². The minimum Gasteiger partial charge on any atom is -0.481 e. The van der Waals surface area contributed by atoms with E-state index in [1.54, 1.807) is 0 Å². The molecule has 1 aromatic heterocycles. The zero-order valence-corrected chi connectivity index (χ0v) is 18.5. The number of nitrogens with zero attached hydrogens (tertiary/aromatic N) is 3. The van der Waals surface area contributed by atoms with Gasteiger partial charge in [0.2, 0.25) is 5.91 Å². The molecule has 3 saturated heterocycles. The van der Waals surface area contributed by atoms with Crippen molar-refractivity contribution in [3.05, 3.63) is 47.9 Å². The molecule has 0 aliphatic carbocycles. The third-order valence-electron chi connectivity index (χ3n) is 6.18. The van der Waals surface area contributed by atoms with Crippen LogP contribution in [0, 0.1) is 12.8 Å². The fourth-order valence-corrected chi connectivity index (χ4v) is 5.30. The Morgan fingerprint density at radius 2 is 2.03 bits per heavy atom. The Labute approximate surface area is 186 Å². The highest BCUT2D eigenvalue weighted by Crippen LogP contribution is 2.41. The first-order chi connectivity index (χ1) is 15.0. The number of carbonyl (C=O) groups is 2. The molecular formula is C23H28N4O3S. The van der Waals surface area contributed by atoms with E-state index in [0.717, 1.165) is 60.5 Å². The second kappa shape index (κ2) is 9.78. The zero-order chi connectivity index (χ0) is 21.8. The number of carboxylic acid groups (broad SMARTS) is 1. The number of benzene rings is 1. The maximum atomic E-state index is 12.0. The van der Waals surface area contributed by atoms with Crippen molar-refractivity contribution in [1.82, 2.24) is 20.2 Å². The van der Waals surface area contributed by atoms with Crippen LogP contribution in [-0.4, -0.2) is 69.0 Å². The number of aromatic nitrogens is 2. The molecule has 0 saturated carbocycles. The Hall–Kier alpha value is -2.45. The number of hydrogen-bond acceptors (Lipinski definition) is 6. The lowest BCUT2D eigenvalue weighted by Gasteiger charge is -2.49. The van der Waals surface area contributed by atoms with E-state index < -0.39 is 5.97 Å². The Balaban J connectivity index is 1.38. The smallest absolute Gasteiger partial charge is 0.313 e. The molecule has 4 heterocycles. The normalized spacial score (nSPS) is 24.7. The summed E-state index contributed by atoms with van der Waals surface area (Å²) in [6, 6.07) is 12.7. The minimum atomic E-state index is -0.894. The maximum Gasteiger partial charge on any atom is 0.313 e. The van der Waals surface area contributed by atoms with Crippen LogP contribution in [0.2, 0.25) is 0 Å². The van der Waals surface area contributed by atoms with Crippen LogP contribution < -0.4 is 5.32 Å². The van der Waals surface area contributed by atoms with E-state index in [-0.39, 0.29) is 17.4 Å². The van der Waals surface area contributed by atoms with Crippen molar-refractivity contribution in [2.24, 2.45) is 5.92 Å². The lowest BCUT2D eigenvalue weighted by molar-refractivity contribution is -0.133. The van der Waals surface area contributed by atoms with Gasteiger partial charge >= 0.3 is 5.97 Å². The number of carboxylic acids is 1. The zero-order valence-electron chi connectivity index (χ0n) is 17.7. The molecular weight excluding hydrogens is 412 g/mol. The van der Waals surface area contributed by atoms with Crippen LogP contribution >= 0.6 is 11.8 Å². The van der Waals surface area contributed by atoms with Crippen LogP contribution in [0.3, 0.4) is 0 Å². The number of thioether (sulfide) groups is 1. The van der Waals surface area contributed by atoms with Crippen molar-refractivity contribution < 1.29 is 14.7 Å². The highest BCUT2D eigenvalue weighted by Gasteiger charge is 2.41. The average Bonchev–Trinajstić information content (AvgIpc) is 2.78. The predicted octanol–water partition coefficient (Wildman–Crippen LogP) is 2.56. The number of amides is 1. The molecule has 8 heteroatoms.